The first-order chi connectivity index (χ1) is 14.6. The Balaban J connectivity index is 1.41. The van der Waals surface area contributed by atoms with Gasteiger partial charge in [-0.1, -0.05) is 19.8 Å². The summed E-state index contributed by atoms with van der Waals surface area (Å²) < 4.78 is 8.06. The Kier molecular flexibility index (Phi) is 5.03. The van der Waals surface area contributed by atoms with Crippen molar-refractivity contribution in [3.63, 3.8) is 0 Å². The predicted molar refractivity (Wildman–Crippen MR) is 111 cm³/mol. The molecule has 3 saturated heterocycles. The predicted octanol–water partition coefficient (Wildman–Crippen LogP) is 1.36. The molecular weight excluding hydrogens is 382 g/mol. The zero-order valence-corrected chi connectivity index (χ0v) is 17.8. The van der Waals surface area contributed by atoms with Gasteiger partial charge in [-0.3, -0.25) is 9.69 Å². The van der Waals surface area contributed by atoms with Crippen molar-refractivity contribution in [2.75, 3.05) is 39.3 Å². The summed E-state index contributed by atoms with van der Waals surface area (Å²) in [7, 11) is 0. The lowest BCUT2D eigenvalue weighted by molar-refractivity contribution is -0.107. The van der Waals surface area contributed by atoms with Crippen molar-refractivity contribution in [3.05, 3.63) is 29.6 Å². The largest absolute Gasteiger partial charge is 0.396 e. The SMILES string of the molecule is CCCCCN1C[C@@H]2[C@H](CO)[C@H]3CN(C(=O)c4c(C)nn5ncccc45)C[C@]2(C1)O3. The monoisotopic (exact) mass is 413 g/mol. The van der Waals surface area contributed by atoms with Crippen molar-refractivity contribution in [1.29, 1.82) is 0 Å². The van der Waals surface area contributed by atoms with Crippen LogP contribution >= 0.6 is 0 Å². The maximum Gasteiger partial charge on any atom is 0.258 e. The van der Waals surface area contributed by atoms with Crippen LogP contribution in [0.3, 0.4) is 0 Å². The van der Waals surface area contributed by atoms with Crippen LogP contribution < -0.4 is 0 Å². The van der Waals surface area contributed by atoms with Crippen molar-refractivity contribution < 1.29 is 14.6 Å². The number of hydrogen-bond acceptors (Lipinski definition) is 6. The molecule has 1 spiro atoms. The van der Waals surface area contributed by atoms with Gasteiger partial charge in [0.15, 0.2) is 0 Å². The van der Waals surface area contributed by atoms with Crippen molar-refractivity contribution >= 4 is 11.4 Å². The number of rotatable bonds is 6. The molecule has 3 fully saturated rings. The third-order valence-corrected chi connectivity index (χ3v) is 7.25. The van der Waals surface area contributed by atoms with E-state index in [0.29, 0.717) is 24.3 Å². The average Bonchev–Trinajstić information content (AvgIpc) is 3.30. The van der Waals surface area contributed by atoms with E-state index >= 15 is 0 Å². The molecule has 2 aromatic heterocycles. The summed E-state index contributed by atoms with van der Waals surface area (Å²) in [5.41, 5.74) is 1.68. The van der Waals surface area contributed by atoms with Crippen LogP contribution in [-0.2, 0) is 4.74 Å². The molecule has 8 nitrogen and oxygen atoms in total. The van der Waals surface area contributed by atoms with Crippen LogP contribution in [-0.4, -0.2) is 86.7 Å². The Morgan fingerprint density at radius 1 is 1.33 bits per heavy atom. The number of likely N-dealkylation sites (tertiary alicyclic amines) is 2. The second-order valence-electron chi connectivity index (χ2n) is 9.16. The molecule has 0 aromatic carbocycles. The highest BCUT2D eigenvalue weighted by molar-refractivity contribution is 6.02. The van der Waals surface area contributed by atoms with Crippen LogP contribution in [0.5, 0.6) is 0 Å². The average molecular weight is 414 g/mol. The summed E-state index contributed by atoms with van der Waals surface area (Å²) in [6.45, 7) is 8.14. The first-order valence-electron chi connectivity index (χ1n) is 11.2. The fourth-order valence-corrected chi connectivity index (χ4v) is 5.87. The van der Waals surface area contributed by atoms with E-state index in [-0.39, 0.29) is 36.1 Å². The van der Waals surface area contributed by atoms with E-state index in [0.717, 1.165) is 25.2 Å². The minimum atomic E-state index is -0.368. The van der Waals surface area contributed by atoms with Gasteiger partial charge >= 0.3 is 0 Å². The number of carbonyl (C=O) groups excluding carboxylic acids is 1. The summed E-state index contributed by atoms with van der Waals surface area (Å²) in [5.74, 6) is 0.356. The highest BCUT2D eigenvalue weighted by Gasteiger charge is 2.62. The van der Waals surface area contributed by atoms with E-state index in [2.05, 4.69) is 22.0 Å². The van der Waals surface area contributed by atoms with E-state index < -0.39 is 0 Å². The highest BCUT2D eigenvalue weighted by atomic mass is 16.5. The molecule has 2 aromatic rings. The molecule has 30 heavy (non-hydrogen) atoms. The maximum absolute atomic E-state index is 13.6. The molecule has 1 amide bonds. The fourth-order valence-electron chi connectivity index (χ4n) is 5.87. The van der Waals surface area contributed by atoms with E-state index in [1.807, 2.05) is 24.0 Å². The Labute approximate surface area is 176 Å². The quantitative estimate of drug-likeness (QED) is 0.720. The summed E-state index contributed by atoms with van der Waals surface area (Å²) in [6, 6.07) is 3.72. The lowest BCUT2D eigenvalue weighted by Gasteiger charge is -2.40. The fraction of sp³-hybridized carbons (Fsp3) is 0.682. The molecule has 0 aliphatic carbocycles. The van der Waals surface area contributed by atoms with Crippen molar-refractivity contribution in [2.24, 2.45) is 11.8 Å². The first kappa shape index (κ1) is 19.9. The van der Waals surface area contributed by atoms with Crippen molar-refractivity contribution in [3.8, 4) is 0 Å². The minimum Gasteiger partial charge on any atom is -0.396 e. The van der Waals surface area contributed by atoms with Gasteiger partial charge in [-0.05, 0) is 32.0 Å². The Bertz CT molecular complexity index is 946. The summed E-state index contributed by atoms with van der Waals surface area (Å²) in [5, 5.41) is 18.8. The summed E-state index contributed by atoms with van der Waals surface area (Å²) in [4.78, 5) is 18.0. The molecule has 3 aliphatic rings. The second-order valence-corrected chi connectivity index (χ2v) is 9.16. The zero-order valence-electron chi connectivity index (χ0n) is 17.8. The number of hydrogen-bond donors (Lipinski definition) is 1. The van der Waals surface area contributed by atoms with Gasteiger partial charge in [0, 0.05) is 44.3 Å². The van der Waals surface area contributed by atoms with Crippen LogP contribution in [0, 0.1) is 18.8 Å². The Morgan fingerprint density at radius 2 is 2.20 bits per heavy atom. The van der Waals surface area contributed by atoms with Gasteiger partial charge in [0.25, 0.3) is 5.91 Å². The molecule has 8 heteroatoms. The molecule has 0 radical (unpaired) electrons. The molecule has 5 heterocycles. The van der Waals surface area contributed by atoms with E-state index in [1.54, 1.807) is 6.20 Å². The van der Waals surface area contributed by atoms with Crippen molar-refractivity contribution in [1.82, 2.24) is 24.6 Å². The molecule has 0 unspecified atom stereocenters. The molecule has 4 atom stereocenters. The molecule has 3 aliphatic heterocycles. The Morgan fingerprint density at radius 3 is 3.00 bits per heavy atom. The van der Waals surface area contributed by atoms with Gasteiger partial charge in [0.05, 0.1) is 23.9 Å². The third kappa shape index (κ3) is 3.04. The van der Waals surface area contributed by atoms with E-state index in [4.69, 9.17) is 4.74 Å². The van der Waals surface area contributed by atoms with Gasteiger partial charge in [-0.15, -0.1) is 0 Å². The van der Waals surface area contributed by atoms with Crippen molar-refractivity contribution in [2.45, 2.75) is 44.8 Å². The number of amides is 1. The third-order valence-electron chi connectivity index (χ3n) is 7.25. The van der Waals surface area contributed by atoms with E-state index in [9.17, 15) is 9.90 Å². The standard InChI is InChI=1S/C22H31N5O3/c1-3-4-5-9-25-10-17-16(12-28)19-11-26(14-22(17,13-25)30-19)21(29)20-15(2)24-27-18(20)7-6-8-23-27/h6-8,16-17,19,28H,3-5,9-14H2,1-2H3/t16-,17+,19+,22-/m0/s1. The molecule has 5 rings (SSSR count). The molecule has 1 N–H and O–H groups in total. The number of aromatic nitrogens is 3. The number of aliphatic hydroxyl groups excluding tert-OH is 1. The van der Waals surface area contributed by atoms with Crippen LogP contribution in [0.4, 0.5) is 0 Å². The number of nitrogens with zero attached hydrogens (tertiary/aromatic N) is 5. The van der Waals surface area contributed by atoms with Gasteiger partial charge in [0.2, 0.25) is 0 Å². The lowest BCUT2D eigenvalue weighted by atomic mass is 9.83. The van der Waals surface area contributed by atoms with Gasteiger partial charge in [0.1, 0.15) is 11.1 Å². The van der Waals surface area contributed by atoms with Crippen LogP contribution in [0.25, 0.3) is 5.52 Å². The van der Waals surface area contributed by atoms with Crippen LogP contribution in [0.2, 0.25) is 0 Å². The van der Waals surface area contributed by atoms with Gasteiger partial charge < -0.3 is 14.7 Å². The van der Waals surface area contributed by atoms with Crippen LogP contribution in [0.15, 0.2) is 18.3 Å². The number of aliphatic hydroxyl groups is 1. The number of fused-ring (bicyclic) bond motifs is 2. The summed E-state index contributed by atoms with van der Waals surface area (Å²) in [6.07, 6.45) is 5.19. The second kappa shape index (κ2) is 7.59. The normalized spacial score (nSPS) is 30.9. The van der Waals surface area contributed by atoms with E-state index in [1.165, 1.54) is 23.9 Å². The molecule has 162 valence electrons. The summed E-state index contributed by atoms with van der Waals surface area (Å²) >= 11 is 0. The Hall–Kier alpha value is -2.03. The lowest BCUT2D eigenvalue weighted by Crippen LogP contribution is -2.55. The molecule has 0 saturated carbocycles. The van der Waals surface area contributed by atoms with Crippen LogP contribution in [0.1, 0.15) is 42.2 Å². The minimum absolute atomic E-state index is 0.00931. The number of aryl methyl sites for hydroxylation is 1. The molecule has 2 bridgehead atoms. The number of carbonyl (C=O) groups is 1. The maximum atomic E-state index is 13.6. The zero-order chi connectivity index (χ0) is 20.9. The molecular formula is C22H31N5O3. The number of unbranched alkanes of at least 4 members (excludes halogenated alkanes) is 2. The topological polar surface area (TPSA) is 83.2 Å². The first-order valence-corrected chi connectivity index (χ1v) is 11.2. The van der Waals surface area contributed by atoms with Gasteiger partial charge in [-0.25, -0.2) is 0 Å². The highest BCUT2D eigenvalue weighted by Crippen LogP contribution is 2.49. The van der Waals surface area contributed by atoms with Gasteiger partial charge in [-0.2, -0.15) is 14.8 Å². The smallest absolute Gasteiger partial charge is 0.258 e. The number of ether oxygens (including phenoxy) is 1. The number of morpholine rings is 1.